The smallest absolute Gasteiger partial charge is 0.225 e. The molecule has 7 nitrogen and oxygen atoms in total. The maximum absolute atomic E-state index is 4.75. The predicted octanol–water partition coefficient (Wildman–Crippen LogP) is 2.53. The number of anilines is 2. The van der Waals surface area contributed by atoms with Crippen molar-refractivity contribution < 1.29 is 0 Å². The molecule has 0 bridgehead atoms. The highest BCUT2D eigenvalue weighted by Crippen LogP contribution is 2.39. The molecule has 4 heterocycles. The van der Waals surface area contributed by atoms with E-state index in [2.05, 4.69) is 35.8 Å². The summed E-state index contributed by atoms with van der Waals surface area (Å²) < 4.78 is 0. The first-order chi connectivity index (χ1) is 13.4. The van der Waals surface area contributed by atoms with E-state index in [4.69, 9.17) is 4.98 Å². The molecule has 0 unspecified atom stereocenters. The van der Waals surface area contributed by atoms with Crippen LogP contribution in [0.1, 0.15) is 24.5 Å². The van der Waals surface area contributed by atoms with Gasteiger partial charge in [-0.3, -0.25) is 4.98 Å². The van der Waals surface area contributed by atoms with E-state index in [-0.39, 0.29) is 0 Å². The van der Waals surface area contributed by atoms with Gasteiger partial charge in [-0.2, -0.15) is 0 Å². The van der Waals surface area contributed by atoms with Crippen LogP contribution in [0.4, 0.5) is 11.8 Å². The maximum Gasteiger partial charge on any atom is 0.225 e. The van der Waals surface area contributed by atoms with Gasteiger partial charge >= 0.3 is 0 Å². The van der Waals surface area contributed by atoms with Crippen LogP contribution in [-0.2, 0) is 0 Å². The summed E-state index contributed by atoms with van der Waals surface area (Å²) in [5, 5.41) is 0. The van der Waals surface area contributed by atoms with Crippen LogP contribution in [0.5, 0.6) is 0 Å². The van der Waals surface area contributed by atoms with Crippen molar-refractivity contribution in [2.24, 2.45) is 0 Å². The molecule has 1 aliphatic carbocycles. The third-order valence-electron chi connectivity index (χ3n) is 5.17. The van der Waals surface area contributed by atoms with E-state index in [1.165, 1.54) is 18.5 Å². The van der Waals surface area contributed by atoms with Gasteiger partial charge in [-0.05, 0) is 31.0 Å². The zero-order valence-corrected chi connectivity index (χ0v) is 15.1. The number of piperazine rings is 1. The van der Waals surface area contributed by atoms with Gasteiger partial charge in [0.05, 0.1) is 5.69 Å². The minimum absolute atomic E-state index is 0.650. The molecule has 0 radical (unpaired) electrons. The lowest BCUT2D eigenvalue weighted by Crippen LogP contribution is -2.47. The van der Waals surface area contributed by atoms with Crippen molar-refractivity contribution in [2.45, 2.75) is 18.8 Å². The SMILES string of the molecule is c1cc(-c2ccnc(N3CCN(c4cc(C5CC5)ncn4)CC3)n2)ccn1. The van der Waals surface area contributed by atoms with Crippen molar-refractivity contribution in [2.75, 3.05) is 36.0 Å². The molecule has 27 heavy (non-hydrogen) atoms. The van der Waals surface area contributed by atoms with Gasteiger partial charge in [0.15, 0.2) is 0 Å². The molecule has 2 fully saturated rings. The van der Waals surface area contributed by atoms with Gasteiger partial charge in [0, 0.05) is 68.0 Å². The number of hydrogen-bond donors (Lipinski definition) is 0. The molecule has 1 saturated carbocycles. The standard InChI is InChI=1S/C20H21N7/c1-2-15(1)18-13-19(24-14-23-18)26-9-11-27(12-10-26)20-22-8-5-17(25-20)16-3-6-21-7-4-16/h3-8,13-15H,1-2,9-12H2. The largest absolute Gasteiger partial charge is 0.353 e. The summed E-state index contributed by atoms with van der Waals surface area (Å²) in [5.74, 6) is 2.47. The minimum Gasteiger partial charge on any atom is -0.353 e. The Hall–Kier alpha value is -3.09. The lowest BCUT2D eigenvalue weighted by molar-refractivity contribution is 0.633. The van der Waals surface area contributed by atoms with Crippen LogP contribution in [0.2, 0.25) is 0 Å². The van der Waals surface area contributed by atoms with E-state index in [1.54, 1.807) is 18.7 Å². The van der Waals surface area contributed by atoms with Crippen LogP contribution in [-0.4, -0.2) is 51.1 Å². The first-order valence-electron chi connectivity index (χ1n) is 9.42. The molecule has 0 atom stereocenters. The number of rotatable bonds is 4. The van der Waals surface area contributed by atoms with Gasteiger partial charge in [0.2, 0.25) is 5.95 Å². The Balaban J connectivity index is 1.29. The van der Waals surface area contributed by atoms with Crippen molar-refractivity contribution in [3.05, 3.63) is 54.9 Å². The van der Waals surface area contributed by atoms with E-state index in [0.717, 1.165) is 49.2 Å². The first-order valence-corrected chi connectivity index (χ1v) is 9.42. The summed E-state index contributed by atoms with van der Waals surface area (Å²) in [5.41, 5.74) is 3.17. The topological polar surface area (TPSA) is 70.9 Å². The Morgan fingerprint density at radius 2 is 1.59 bits per heavy atom. The Bertz CT molecular complexity index is 918. The third kappa shape index (κ3) is 3.45. The lowest BCUT2D eigenvalue weighted by Gasteiger charge is -2.35. The minimum atomic E-state index is 0.650. The molecule has 3 aromatic rings. The molecule has 7 heteroatoms. The fraction of sp³-hybridized carbons (Fsp3) is 0.350. The fourth-order valence-electron chi connectivity index (χ4n) is 3.46. The molecule has 2 aliphatic rings. The summed E-state index contributed by atoms with van der Waals surface area (Å²) in [6.45, 7) is 3.57. The summed E-state index contributed by atoms with van der Waals surface area (Å²) >= 11 is 0. The summed E-state index contributed by atoms with van der Waals surface area (Å²) in [7, 11) is 0. The van der Waals surface area contributed by atoms with Gasteiger partial charge < -0.3 is 9.80 Å². The van der Waals surface area contributed by atoms with Crippen LogP contribution in [0.3, 0.4) is 0 Å². The quantitative estimate of drug-likeness (QED) is 0.709. The van der Waals surface area contributed by atoms with E-state index in [1.807, 2.05) is 24.4 Å². The van der Waals surface area contributed by atoms with Crippen LogP contribution in [0.15, 0.2) is 49.2 Å². The predicted molar refractivity (Wildman–Crippen MR) is 104 cm³/mol. The molecule has 1 aliphatic heterocycles. The summed E-state index contributed by atoms with van der Waals surface area (Å²) in [6.07, 6.45) is 9.62. The second kappa shape index (κ2) is 6.90. The Morgan fingerprint density at radius 1 is 0.815 bits per heavy atom. The highest BCUT2D eigenvalue weighted by Gasteiger charge is 2.26. The van der Waals surface area contributed by atoms with Gasteiger partial charge in [0.25, 0.3) is 0 Å². The molecule has 0 amide bonds. The Morgan fingerprint density at radius 3 is 2.37 bits per heavy atom. The Labute approximate surface area is 158 Å². The van der Waals surface area contributed by atoms with Crippen molar-refractivity contribution in [1.29, 1.82) is 0 Å². The van der Waals surface area contributed by atoms with Gasteiger partial charge in [-0.25, -0.2) is 19.9 Å². The molecule has 3 aromatic heterocycles. The average Bonchev–Trinajstić information content (AvgIpc) is 3.60. The first kappa shape index (κ1) is 16.1. The zero-order valence-electron chi connectivity index (χ0n) is 15.1. The van der Waals surface area contributed by atoms with E-state index < -0.39 is 0 Å². The second-order valence-corrected chi connectivity index (χ2v) is 7.03. The van der Waals surface area contributed by atoms with Crippen LogP contribution in [0, 0.1) is 0 Å². The van der Waals surface area contributed by atoms with Crippen molar-refractivity contribution >= 4 is 11.8 Å². The van der Waals surface area contributed by atoms with Gasteiger partial charge in [0.1, 0.15) is 12.1 Å². The lowest BCUT2D eigenvalue weighted by atomic mass is 10.2. The highest BCUT2D eigenvalue weighted by atomic mass is 15.3. The van der Waals surface area contributed by atoms with Crippen molar-refractivity contribution in [3.8, 4) is 11.3 Å². The molecule has 0 spiro atoms. The highest BCUT2D eigenvalue weighted by molar-refractivity contribution is 5.59. The second-order valence-electron chi connectivity index (χ2n) is 7.03. The molecule has 0 aromatic carbocycles. The molecular weight excluding hydrogens is 338 g/mol. The third-order valence-corrected chi connectivity index (χ3v) is 5.17. The van der Waals surface area contributed by atoms with Crippen molar-refractivity contribution in [3.63, 3.8) is 0 Å². The zero-order chi connectivity index (χ0) is 18.1. The number of nitrogens with zero attached hydrogens (tertiary/aromatic N) is 7. The normalized spacial score (nSPS) is 17.2. The molecule has 1 saturated heterocycles. The molecule has 5 rings (SSSR count). The number of hydrogen-bond acceptors (Lipinski definition) is 7. The number of aromatic nitrogens is 5. The van der Waals surface area contributed by atoms with Gasteiger partial charge in [-0.1, -0.05) is 0 Å². The van der Waals surface area contributed by atoms with Crippen LogP contribution < -0.4 is 9.80 Å². The Kier molecular flexibility index (Phi) is 4.12. The molecule has 0 N–H and O–H groups in total. The van der Waals surface area contributed by atoms with E-state index in [0.29, 0.717) is 5.92 Å². The molecular formula is C20H21N7. The van der Waals surface area contributed by atoms with Crippen LogP contribution in [0.25, 0.3) is 11.3 Å². The number of pyridine rings is 1. The van der Waals surface area contributed by atoms with Gasteiger partial charge in [-0.15, -0.1) is 0 Å². The van der Waals surface area contributed by atoms with E-state index >= 15 is 0 Å². The van der Waals surface area contributed by atoms with E-state index in [9.17, 15) is 0 Å². The molecule has 136 valence electrons. The van der Waals surface area contributed by atoms with Crippen LogP contribution >= 0.6 is 0 Å². The summed E-state index contributed by atoms with van der Waals surface area (Å²) in [4.78, 5) is 26.8. The average molecular weight is 359 g/mol. The fourth-order valence-corrected chi connectivity index (χ4v) is 3.46. The maximum atomic E-state index is 4.75. The summed E-state index contributed by atoms with van der Waals surface area (Å²) in [6, 6.07) is 8.04. The van der Waals surface area contributed by atoms with Crippen molar-refractivity contribution in [1.82, 2.24) is 24.9 Å². The monoisotopic (exact) mass is 359 g/mol.